The first-order valence-electron chi connectivity index (χ1n) is 7.65. The molecule has 2 heterocycles. The van der Waals surface area contributed by atoms with Gasteiger partial charge < -0.3 is 10.4 Å². The number of amides is 1. The van der Waals surface area contributed by atoms with Crippen molar-refractivity contribution in [1.82, 2.24) is 19.9 Å². The van der Waals surface area contributed by atoms with Crippen molar-refractivity contribution >= 4 is 11.6 Å². The molecule has 0 spiro atoms. The molecule has 0 saturated carbocycles. The Bertz CT molecular complexity index is 756. The largest absolute Gasteiger partial charge is 0.394 e. The second-order valence-corrected chi connectivity index (χ2v) is 5.52. The first-order chi connectivity index (χ1) is 11.0. The molecular formula is C16H21N5O2. The van der Waals surface area contributed by atoms with Crippen LogP contribution in [0.15, 0.2) is 6.20 Å². The van der Waals surface area contributed by atoms with E-state index in [0.717, 1.165) is 17.0 Å². The predicted molar refractivity (Wildman–Crippen MR) is 84.8 cm³/mol. The smallest absolute Gasteiger partial charge is 0.220 e. The van der Waals surface area contributed by atoms with E-state index in [0.29, 0.717) is 30.5 Å². The van der Waals surface area contributed by atoms with E-state index in [4.69, 9.17) is 10.4 Å². The van der Waals surface area contributed by atoms with Gasteiger partial charge in [0.1, 0.15) is 11.6 Å². The van der Waals surface area contributed by atoms with E-state index in [1.807, 2.05) is 20.8 Å². The highest BCUT2D eigenvalue weighted by Gasteiger charge is 2.15. The van der Waals surface area contributed by atoms with Gasteiger partial charge in [-0.15, -0.1) is 0 Å². The molecule has 0 aliphatic heterocycles. The number of nitriles is 1. The lowest BCUT2D eigenvalue weighted by Gasteiger charge is -2.15. The second kappa shape index (κ2) is 7.20. The minimum absolute atomic E-state index is 0.0575. The summed E-state index contributed by atoms with van der Waals surface area (Å²) >= 11 is 0. The van der Waals surface area contributed by atoms with Crippen molar-refractivity contribution in [3.8, 4) is 6.07 Å². The van der Waals surface area contributed by atoms with Crippen LogP contribution in [0.2, 0.25) is 0 Å². The maximum absolute atomic E-state index is 12.0. The van der Waals surface area contributed by atoms with Crippen LogP contribution in [0.5, 0.6) is 0 Å². The van der Waals surface area contributed by atoms with Crippen LogP contribution in [0.25, 0.3) is 5.65 Å². The summed E-state index contributed by atoms with van der Waals surface area (Å²) in [6.45, 7) is 5.64. The van der Waals surface area contributed by atoms with Crippen LogP contribution in [0, 0.1) is 25.2 Å². The molecule has 2 rings (SSSR count). The quantitative estimate of drug-likeness (QED) is 0.829. The van der Waals surface area contributed by atoms with Crippen molar-refractivity contribution in [1.29, 1.82) is 5.26 Å². The number of aryl methyl sites for hydroxylation is 2. The van der Waals surface area contributed by atoms with Crippen molar-refractivity contribution in [3.05, 3.63) is 28.7 Å². The van der Waals surface area contributed by atoms with E-state index in [9.17, 15) is 4.79 Å². The number of rotatable bonds is 6. The molecule has 0 aliphatic carbocycles. The number of nitrogens with one attached hydrogen (secondary N) is 1. The Balaban J connectivity index is 2.18. The summed E-state index contributed by atoms with van der Waals surface area (Å²) in [5, 5.41) is 25.2. The Morgan fingerprint density at radius 2 is 2.26 bits per heavy atom. The Morgan fingerprint density at radius 1 is 1.52 bits per heavy atom. The number of carbonyl (C=O) groups is 1. The minimum Gasteiger partial charge on any atom is -0.394 e. The number of hydrogen-bond donors (Lipinski definition) is 2. The van der Waals surface area contributed by atoms with Gasteiger partial charge in [-0.2, -0.15) is 10.4 Å². The van der Waals surface area contributed by atoms with Gasteiger partial charge in [0.2, 0.25) is 5.91 Å². The number of nitrogens with zero attached hydrogens (tertiary/aromatic N) is 4. The van der Waals surface area contributed by atoms with Crippen LogP contribution in [-0.4, -0.2) is 38.3 Å². The highest BCUT2D eigenvalue weighted by molar-refractivity contribution is 5.76. The molecule has 0 aromatic carbocycles. The third-order valence-corrected chi connectivity index (χ3v) is 4.01. The lowest BCUT2D eigenvalue weighted by atomic mass is 10.1. The lowest BCUT2D eigenvalue weighted by Crippen LogP contribution is -2.37. The standard InChI is InChI=1S/C16H21N5O2/c1-4-13(9-22)20-15(23)6-5-14-10(2)19-16-12(7-17)8-18-21(16)11(14)3/h8,13,22H,4-6,9H2,1-3H3,(H,20,23). The number of aromatic nitrogens is 3. The fourth-order valence-electron chi connectivity index (χ4n) is 2.57. The summed E-state index contributed by atoms with van der Waals surface area (Å²) in [7, 11) is 0. The van der Waals surface area contributed by atoms with Crippen LogP contribution in [0.1, 0.15) is 42.3 Å². The number of aliphatic hydroxyl groups is 1. The Hall–Kier alpha value is -2.46. The molecule has 7 nitrogen and oxygen atoms in total. The zero-order valence-corrected chi connectivity index (χ0v) is 13.6. The predicted octanol–water partition coefficient (Wildman–Crippen LogP) is 1.04. The minimum atomic E-state index is -0.199. The molecule has 7 heteroatoms. The second-order valence-electron chi connectivity index (χ2n) is 5.52. The molecule has 1 atom stereocenters. The van der Waals surface area contributed by atoms with E-state index in [1.165, 1.54) is 6.20 Å². The number of carbonyl (C=O) groups excluding carboxylic acids is 1. The summed E-state index contributed by atoms with van der Waals surface area (Å²) in [5.74, 6) is -0.0945. The monoisotopic (exact) mass is 315 g/mol. The fraction of sp³-hybridized carbons (Fsp3) is 0.500. The highest BCUT2D eigenvalue weighted by Crippen LogP contribution is 2.18. The molecule has 0 fully saturated rings. The Labute approximate surface area is 135 Å². The third kappa shape index (κ3) is 3.48. The van der Waals surface area contributed by atoms with E-state index in [1.54, 1.807) is 4.52 Å². The van der Waals surface area contributed by atoms with E-state index < -0.39 is 0 Å². The summed E-state index contributed by atoms with van der Waals surface area (Å²) in [6, 6.07) is 1.88. The van der Waals surface area contributed by atoms with Gasteiger partial charge in [-0.1, -0.05) is 6.92 Å². The first-order valence-corrected chi connectivity index (χ1v) is 7.65. The van der Waals surface area contributed by atoms with Crippen molar-refractivity contribution < 1.29 is 9.90 Å². The normalized spacial score (nSPS) is 12.1. The average molecular weight is 315 g/mol. The lowest BCUT2D eigenvalue weighted by molar-refractivity contribution is -0.122. The molecule has 0 radical (unpaired) electrons. The van der Waals surface area contributed by atoms with Gasteiger partial charge in [0.25, 0.3) is 0 Å². The summed E-state index contributed by atoms with van der Waals surface area (Å²) in [5.41, 5.74) is 3.62. The highest BCUT2D eigenvalue weighted by atomic mass is 16.3. The molecule has 0 aliphatic rings. The first kappa shape index (κ1) is 16.9. The van der Waals surface area contributed by atoms with Gasteiger partial charge in [0.05, 0.1) is 18.8 Å². The van der Waals surface area contributed by atoms with Gasteiger partial charge in [0.15, 0.2) is 5.65 Å². The third-order valence-electron chi connectivity index (χ3n) is 4.01. The van der Waals surface area contributed by atoms with Gasteiger partial charge in [-0.05, 0) is 32.3 Å². The van der Waals surface area contributed by atoms with Crippen LogP contribution in [0.4, 0.5) is 0 Å². The number of fused-ring (bicyclic) bond motifs is 1. The average Bonchev–Trinajstić information content (AvgIpc) is 2.95. The van der Waals surface area contributed by atoms with Crippen molar-refractivity contribution in [2.24, 2.45) is 0 Å². The van der Waals surface area contributed by atoms with E-state index >= 15 is 0 Å². The molecular weight excluding hydrogens is 294 g/mol. The zero-order chi connectivity index (χ0) is 17.0. The number of aliphatic hydroxyl groups excluding tert-OH is 1. The molecule has 2 aromatic rings. The van der Waals surface area contributed by atoms with E-state index in [2.05, 4.69) is 21.5 Å². The molecule has 2 aromatic heterocycles. The zero-order valence-electron chi connectivity index (χ0n) is 13.6. The van der Waals surface area contributed by atoms with E-state index in [-0.39, 0.29) is 18.6 Å². The molecule has 23 heavy (non-hydrogen) atoms. The molecule has 0 saturated heterocycles. The van der Waals surface area contributed by atoms with Crippen molar-refractivity contribution in [2.45, 2.75) is 46.1 Å². The Morgan fingerprint density at radius 3 is 2.87 bits per heavy atom. The molecule has 1 unspecified atom stereocenters. The van der Waals surface area contributed by atoms with Crippen LogP contribution in [0.3, 0.4) is 0 Å². The van der Waals surface area contributed by atoms with Crippen LogP contribution < -0.4 is 5.32 Å². The molecule has 1 amide bonds. The maximum atomic E-state index is 12.0. The molecule has 0 bridgehead atoms. The summed E-state index contributed by atoms with van der Waals surface area (Å²) in [4.78, 5) is 16.4. The summed E-state index contributed by atoms with van der Waals surface area (Å²) < 4.78 is 1.64. The van der Waals surface area contributed by atoms with Gasteiger partial charge in [-0.3, -0.25) is 4.79 Å². The van der Waals surface area contributed by atoms with Gasteiger partial charge in [-0.25, -0.2) is 9.50 Å². The molecule has 122 valence electrons. The fourth-order valence-corrected chi connectivity index (χ4v) is 2.57. The van der Waals surface area contributed by atoms with Gasteiger partial charge >= 0.3 is 0 Å². The number of hydrogen-bond acceptors (Lipinski definition) is 5. The summed E-state index contributed by atoms with van der Waals surface area (Å²) in [6.07, 6.45) is 3.05. The van der Waals surface area contributed by atoms with Crippen LogP contribution >= 0.6 is 0 Å². The molecule has 2 N–H and O–H groups in total. The topological polar surface area (TPSA) is 103 Å². The maximum Gasteiger partial charge on any atom is 0.220 e. The van der Waals surface area contributed by atoms with Crippen molar-refractivity contribution in [3.63, 3.8) is 0 Å². The van der Waals surface area contributed by atoms with Crippen molar-refractivity contribution in [2.75, 3.05) is 6.61 Å². The Kier molecular flexibility index (Phi) is 5.29. The SMILES string of the molecule is CCC(CO)NC(=O)CCc1c(C)nc2c(C#N)cnn2c1C. The van der Waals surface area contributed by atoms with Gasteiger partial charge in [0, 0.05) is 17.8 Å². The van der Waals surface area contributed by atoms with Crippen LogP contribution in [-0.2, 0) is 11.2 Å².